The van der Waals surface area contributed by atoms with Crippen molar-refractivity contribution in [2.45, 2.75) is 25.3 Å². The number of hydrogen-bond donors (Lipinski definition) is 2. The molecule has 1 aromatic carbocycles. The number of nitrogens with zero attached hydrogens (tertiary/aromatic N) is 2. The number of aromatic amines is 1. The standard InChI is InChI=1S/C15H20N4O2/c1-19-7-2-3-11(19)6-8-21-15-17-13-5-4-10(16)9-12(13)14(20)18-15/h4-5,9,11H,2-3,6-8,16H2,1H3,(H,17,18,20). The quantitative estimate of drug-likeness (QED) is 0.830. The molecule has 3 rings (SSSR count). The van der Waals surface area contributed by atoms with E-state index in [1.54, 1.807) is 18.2 Å². The molecule has 0 saturated carbocycles. The van der Waals surface area contributed by atoms with E-state index in [2.05, 4.69) is 21.9 Å². The van der Waals surface area contributed by atoms with Crippen LogP contribution in [0.1, 0.15) is 19.3 Å². The number of hydrogen-bond acceptors (Lipinski definition) is 5. The first-order valence-electron chi connectivity index (χ1n) is 7.26. The van der Waals surface area contributed by atoms with Crippen LogP contribution in [0.3, 0.4) is 0 Å². The largest absolute Gasteiger partial charge is 0.465 e. The van der Waals surface area contributed by atoms with E-state index in [0.29, 0.717) is 29.2 Å². The summed E-state index contributed by atoms with van der Waals surface area (Å²) >= 11 is 0. The van der Waals surface area contributed by atoms with Crippen molar-refractivity contribution >= 4 is 16.6 Å². The van der Waals surface area contributed by atoms with Crippen LogP contribution in [-0.2, 0) is 0 Å². The Morgan fingerprint density at radius 2 is 2.38 bits per heavy atom. The zero-order valence-electron chi connectivity index (χ0n) is 12.1. The van der Waals surface area contributed by atoms with Crippen molar-refractivity contribution in [1.29, 1.82) is 0 Å². The molecule has 1 unspecified atom stereocenters. The number of nitrogens with one attached hydrogen (secondary N) is 1. The Balaban J connectivity index is 1.70. The van der Waals surface area contributed by atoms with Gasteiger partial charge in [-0.2, -0.15) is 4.98 Å². The predicted molar refractivity (Wildman–Crippen MR) is 82.5 cm³/mol. The molecule has 6 heteroatoms. The van der Waals surface area contributed by atoms with Crippen LogP contribution in [0.15, 0.2) is 23.0 Å². The summed E-state index contributed by atoms with van der Waals surface area (Å²) in [6.45, 7) is 1.70. The van der Waals surface area contributed by atoms with E-state index >= 15 is 0 Å². The van der Waals surface area contributed by atoms with Crippen molar-refractivity contribution < 1.29 is 4.74 Å². The number of aromatic nitrogens is 2. The Bertz CT molecular complexity index is 698. The molecular formula is C15H20N4O2. The topological polar surface area (TPSA) is 84.2 Å². The second-order valence-corrected chi connectivity index (χ2v) is 5.56. The first-order chi connectivity index (χ1) is 10.1. The monoisotopic (exact) mass is 288 g/mol. The van der Waals surface area contributed by atoms with Gasteiger partial charge in [0.1, 0.15) is 0 Å². The summed E-state index contributed by atoms with van der Waals surface area (Å²) in [4.78, 5) is 21.3. The van der Waals surface area contributed by atoms with E-state index in [1.807, 2.05) is 0 Å². The zero-order chi connectivity index (χ0) is 14.8. The molecule has 1 aromatic heterocycles. The Morgan fingerprint density at radius 1 is 1.52 bits per heavy atom. The number of benzene rings is 1. The third kappa shape index (κ3) is 3.00. The molecule has 1 fully saturated rings. The molecule has 1 aliphatic rings. The van der Waals surface area contributed by atoms with Crippen LogP contribution in [-0.4, -0.2) is 41.1 Å². The average molecular weight is 288 g/mol. The fourth-order valence-corrected chi connectivity index (χ4v) is 2.84. The molecule has 1 aliphatic heterocycles. The lowest BCUT2D eigenvalue weighted by Crippen LogP contribution is -2.26. The number of nitrogen functional groups attached to an aromatic ring is 1. The van der Waals surface area contributed by atoms with E-state index in [9.17, 15) is 4.79 Å². The molecule has 112 valence electrons. The molecule has 0 radical (unpaired) electrons. The van der Waals surface area contributed by atoms with Gasteiger partial charge in [0.2, 0.25) is 0 Å². The van der Waals surface area contributed by atoms with E-state index in [0.717, 1.165) is 13.0 Å². The van der Waals surface area contributed by atoms with Gasteiger partial charge in [0.25, 0.3) is 11.6 Å². The van der Waals surface area contributed by atoms with Gasteiger partial charge in [-0.1, -0.05) is 0 Å². The first-order valence-corrected chi connectivity index (χ1v) is 7.26. The van der Waals surface area contributed by atoms with Crippen LogP contribution in [0.5, 0.6) is 6.01 Å². The van der Waals surface area contributed by atoms with Gasteiger partial charge in [-0.25, -0.2) is 0 Å². The van der Waals surface area contributed by atoms with E-state index in [-0.39, 0.29) is 11.6 Å². The van der Waals surface area contributed by atoms with Crippen LogP contribution in [0.25, 0.3) is 10.9 Å². The van der Waals surface area contributed by atoms with Crippen LogP contribution >= 0.6 is 0 Å². The molecule has 6 nitrogen and oxygen atoms in total. The number of likely N-dealkylation sites (tertiary alicyclic amines) is 1. The molecule has 21 heavy (non-hydrogen) atoms. The normalized spacial score (nSPS) is 19.2. The molecule has 3 N–H and O–H groups in total. The van der Waals surface area contributed by atoms with Gasteiger partial charge in [0, 0.05) is 11.7 Å². The highest BCUT2D eigenvalue weighted by molar-refractivity contribution is 5.81. The maximum absolute atomic E-state index is 12.0. The summed E-state index contributed by atoms with van der Waals surface area (Å²) in [6, 6.07) is 5.93. The first kappa shape index (κ1) is 13.9. The van der Waals surface area contributed by atoms with Gasteiger partial charge in [-0.05, 0) is 51.1 Å². The average Bonchev–Trinajstić information content (AvgIpc) is 2.85. The summed E-state index contributed by atoms with van der Waals surface area (Å²) in [5.41, 5.74) is 6.60. The molecule has 1 atom stereocenters. The summed E-state index contributed by atoms with van der Waals surface area (Å²) in [5, 5.41) is 0.484. The van der Waals surface area contributed by atoms with Crippen LogP contribution in [0.4, 0.5) is 5.69 Å². The third-order valence-corrected chi connectivity index (χ3v) is 4.07. The highest BCUT2D eigenvalue weighted by atomic mass is 16.5. The highest BCUT2D eigenvalue weighted by Gasteiger charge is 2.20. The van der Waals surface area contributed by atoms with Crippen molar-refractivity contribution in [3.05, 3.63) is 28.6 Å². The van der Waals surface area contributed by atoms with Crippen molar-refractivity contribution in [3.63, 3.8) is 0 Å². The van der Waals surface area contributed by atoms with E-state index in [1.165, 1.54) is 12.8 Å². The Morgan fingerprint density at radius 3 is 3.14 bits per heavy atom. The number of nitrogens with two attached hydrogens (primary N) is 1. The fourth-order valence-electron chi connectivity index (χ4n) is 2.84. The number of ether oxygens (including phenoxy) is 1. The van der Waals surface area contributed by atoms with Gasteiger partial charge >= 0.3 is 0 Å². The Labute approximate surface area is 122 Å². The van der Waals surface area contributed by atoms with Crippen molar-refractivity contribution in [2.24, 2.45) is 0 Å². The van der Waals surface area contributed by atoms with Gasteiger partial charge in [0.15, 0.2) is 0 Å². The van der Waals surface area contributed by atoms with Gasteiger partial charge < -0.3 is 15.4 Å². The smallest absolute Gasteiger partial charge is 0.297 e. The number of rotatable bonds is 4. The number of H-pyrrole nitrogens is 1. The van der Waals surface area contributed by atoms with Crippen LogP contribution < -0.4 is 16.0 Å². The maximum atomic E-state index is 12.0. The molecule has 1 saturated heterocycles. The molecule has 0 amide bonds. The minimum absolute atomic E-state index is 0.222. The summed E-state index contributed by atoms with van der Waals surface area (Å²) in [6.07, 6.45) is 3.40. The fraction of sp³-hybridized carbons (Fsp3) is 0.467. The minimum Gasteiger partial charge on any atom is -0.465 e. The second-order valence-electron chi connectivity index (χ2n) is 5.56. The molecular weight excluding hydrogens is 268 g/mol. The lowest BCUT2D eigenvalue weighted by Gasteiger charge is -2.18. The number of fused-ring (bicyclic) bond motifs is 1. The minimum atomic E-state index is -0.222. The second kappa shape index (κ2) is 5.73. The summed E-state index contributed by atoms with van der Waals surface area (Å²) in [5.74, 6) is 0. The van der Waals surface area contributed by atoms with Gasteiger partial charge in [0.05, 0.1) is 17.5 Å². The molecule has 0 bridgehead atoms. The van der Waals surface area contributed by atoms with E-state index in [4.69, 9.17) is 10.5 Å². The molecule has 0 spiro atoms. The zero-order valence-corrected chi connectivity index (χ0v) is 12.1. The van der Waals surface area contributed by atoms with E-state index < -0.39 is 0 Å². The lowest BCUT2D eigenvalue weighted by molar-refractivity contribution is 0.223. The summed E-state index contributed by atoms with van der Waals surface area (Å²) in [7, 11) is 2.14. The van der Waals surface area contributed by atoms with Gasteiger partial charge in [-0.3, -0.25) is 9.78 Å². The number of anilines is 1. The molecule has 2 aromatic rings. The summed E-state index contributed by atoms with van der Waals surface area (Å²) < 4.78 is 5.61. The lowest BCUT2D eigenvalue weighted by atomic mass is 10.1. The van der Waals surface area contributed by atoms with Crippen LogP contribution in [0, 0.1) is 0 Å². The SMILES string of the molecule is CN1CCCC1CCOc1nc2ccc(N)cc2c(=O)[nH]1. The molecule has 0 aliphatic carbocycles. The molecule has 2 heterocycles. The van der Waals surface area contributed by atoms with Crippen LogP contribution in [0.2, 0.25) is 0 Å². The van der Waals surface area contributed by atoms with Crippen molar-refractivity contribution in [2.75, 3.05) is 25.9 Å². The Hall–Kier alpha value is -2.08. The predicted octanol–water partition coefficient (Wildman–Crippen LogP) is 1.37. The van der Waals surface area contributed by atoms with Gasteiger partial charge in [-0.15, -0.1) is 0 Å². The third-order valence-electron chi connectivity index (χ3n) is 4.07. The maximum Gasteiger partial charge on any atom is 0.297 e. The van der Waals surface area contributed by atoms with Crippen molar-refractivity contribution in [1.82, 2.24) is 14.9 Å². The Kier molecular flexibility index (Phi) is 3.79. The highest BCUT2D eigenvalue weighted by Crippen LogP contribution is 2.18. The van der Waals surface area contributed by atoms with Crippen molar-refractivity contribution in [3.8, 4) is 6.01 Å².